The first-order valence-corrected chi connectivity index (χ1v) is 15.6. The molecule has 6 nitrogen and oxygen atoms in total. The molecule has 7 heteroatoms. The molecule has 36 heavy (non-hydrogen) atoms. The van der Waals surface area contributed by atoms with Gasteiger partial charge >= 0.3 is 11.9 Å². The highest BCUT2D eigenvalue weighted by molar-refractivity contribution is 6.74. The monoisotopic (exact) mass is 514 g/mol. The third kappa shape index (κ3) is 8.49. The van der Waals surface area contributed by atoms with Crippen LogP contribution in [0.2, 0.25) is 18.1 Å². The van der Waals surface area contributed by atoms with Gasteiger partial charge < -0.3 is 19.0 Å². The standard InChI is InChI=1S/C29H42O6Si/c1-8-19-33-26(31)18-12-16-23-20-24(30)21(2)13-9-10-14-22-15-11-17-25(27(22)28(32)34-23)35-36(6,7)29(3,4)5/h8-12,15,17-18,21,23-24,30H,1,13-14,16,19-20H2,2-7H3/t21-,23-,24+/m0/s1. The lowest BCUT2D eigenvalue weighted by molar-refractivity contribution is -0.136. The van der Waals surface area contributed by atoms with Gasteiger partial charge in [-0.3, -0.25) is 0 Å². The van der Waals surface area contributed by atoms with Gasteiger partial charge in [0.1, 0.15) is 24.0 Å². The number of benzene rings is 1. The second-order valence-corrected chi connectivity index (χ2v) is 15.7. The quantitative estimate of drug-likeness (QED) is 0.203. The molecule has 0 saturated heterocycles. The van der Waals surface area contributed by atoms with Crippen molar-refractivity contribution in [1.29, 1.82) is 0 Å². The van der Waals surface area contributed by atoms with Crippen LogP contribution < -0.4 is 4.43 Å². The van der Waals surface area contributed by atoms with E-state index in [9.17, 15) is 14.7 Å². The van der Waals surface area contributed by atoms with Gasteiger partial charge in [0.05, 0.1) is 6.10 Å². The molecule has 1 aliphatic rings. The fourth-order valence-corrected chi connectivity index (χ4v) is 4.61. The molecule has 1 aromatic carbocycles. The molecular weight excluding hydrogens is 472 g/mol. The van der Waals surface area contributed by atoms with Crippen LogP contribution in [0.3, 0.4) is 0 Å². The molecule has 2 rings (SSSR count). The number of rotatable bonds is 7. The van der Waals surface area contributed by atoms with Gasteiger partial charge in [-0.15, -0.1) is 0 Å². The minimum Gasteiger partial charge on any atom is -0.543 e. The van der Waals surface area contributed by atoms with Crippen LogP contribution >= 0.6 is 0 Å². The normalized spacial score (nSPS) is 21.6. The molecule has 0 fully saturated rings. The molecule has 1 N–H and O–H groups in total. The topological polar surface area (TPSA) is 82.1 Å². The summed E-state index contributed by atoms with van der Waals surface area (Å²) in [7, 11) is -2.22. The average molecular weight is 515 g/mol. The molecule has 0 bridgehead atoms. The van der Waals surface area contributed by atoms with Gasteiger partial charge in [0.15, 0.2) is 0 Å². The van der Waals surface area contributed by atoms with Crippen LogP contribution in [0.4, 0.5) is 0 Å². The Morgan fingerprint density at radius 1 is 1.28 bits per heavy atom. The molecule has 3 atom stereocenters. The number of aliphatic hydroxyl groups is 1. The lowest BCUT2D eigenvalue weighted by atomic mass is 9.93. The lowest BCUT2D eigenvalue weighted by Crippen LogP contribution is -2.44. The smallest absolute Gasteiger partial charge is 0.342 e. The number of aliphatic hydroxyl groups excluding tert-OH is 1. The Labute approximate surface area is 217 Å². The first kappa shape index (κ1) is 29.6. The summed E-state index contributed by atoms with van der Waals surface area (Å²) in [6.45, 7) is 16.4. The van der Waals surface area contributed by atoms with Crippen LogP contribution in [0.5, 0.6) is 5.75 Å². The van der Waals surface area contributed by atoms with E-state index >= 15 is 0 Å². The van der Waals surface area contributed by atoms with Gasteiger partial charge in [0.2, 0.25) is 0 Å². The van der Waals surface area contributed by atoms with Gasteiger partial charge in [-0.1, -0.05) is 70.7 Å². The minimum atomic E-state index is -2.22. The molecule has 1 heterocycles. The summed E-state index contributed by atoms with van der Waals surface area (Å²) in [5.74, 6) is -0.452. The molecule has 0 aromatic heterocycles. The Bertz CT molecular complexity index is 972. The zero-order valence-corrected chi connectivity index (χ0v) is 23.6. The largest absolute Gasteiger partial charge is 0.543 e. The average Bonchev–Trinajstić information content (AvgIpc) is 2.78. The number of fused-ring (bicyclic) bond motifs is 1. The van der Waals surface area contributed by atoms with Crippen molar-refractivity contribution >= 4 is 20.3 Å². The zero-order valence-electron chi connectivity index (χ0n) is 22.6. The molecule has 198 valence electrons. The van der Waals surface area contributed by atoms with Gasteiger partial charge in [-0.25, -0.2) is 9.59 Å². The third-order valence-corrected chi connectivity index (χ3v) is 11.3. The number of carbonyl (C=O) groups is 2. The number of carbonyl (C=O) groups excluding carboxylic acids is 2. The van der Waals surface area contributed by atoms with E-state index in [1.807, 2.05) is 31.2 Å². The van der Waals surface area contributed by atoms with Crippen LogP contribution in [0.15, 0.2) is 55.2 Å². The molecule has 0 amide bonds. The zero-order chi connectivity index (χ0) is 26.9. The van der Waals surface area contributed by atoms with Gasteiger partial charge in [0, 0.05) is 18.9 Å². The third-order valence-electron chi connectivity index (χ3n) is 6.93. The van der Waals surface area contributed by atoms with Crippen molar-refractivity contribution in [3.8, 4) is 5.75 Å². The van der Waals surface area contributed by atoms with Gasteiger partial charge in [0.25, 0.3) is 8.32 Å². The predicted octanol–water partition coefficient (Wildman–Crippen LogP) is 6.16. The molecule has 0 aliphatic carbocycles. The molecule has 0 radical (unpaired) electrons. The highest BCUT2D eigenvalue weighted by Gasteiger charge is 2.40. The van der Waals surface area contributed by atoms with E-state index in [1.165, 1.54) is 12.2 Å². The molecular formula is C29H42O6Si. The van der Waals surface area contributed by atoms with Crippen molar-refractivity contribution in [2.45, 2.75) is 83.7 Å². The van der Waals surface area contributed by atoms with E-state index in [4.69, 9.17) is 13.9 Å². The van der Waals surface area contributed by atoms with Crippen LogP contribution in [-0.4, -0.2) is 44.2 Å². The van der Waals surface area contributed by atoms with Crippen molar-refractivity contribution < 1.29 is 28.6 Å². The predicted molar refractivity (Wildman–Crippen MR) is 146 cm³/mol. The minimum absolute atomic E-state index is 0.00358. The Balaban J connectivity index is 2.41. The molecule has 0 spiro atoms. The molecule has 1 aromatic rings. The van der Waals surface area contributed by atoms with Crippen molar-refractivity contribution in [2.24, 2.45) is 5.92 Å². The van der Waals surface area contributed by atoms with E-state index in [-0.39, 0.29) is 30.4 Å². The summed E-state index contributed by atoms with van der Waals surface area (Å²) in [5.41, 5.74) is 1.26. The number of esters is 2. The number of hydrogen-bond donors (Lipinski definition) is 1. The number of hydrogen-bond acceptors (Lipinski definition) is 6. The summed E-state index contributed by atoms with van der Waals surface area (Å²) in [4.78, 5) is 25.4. The fourth-order valence-electron chi connectivity index (χ4n) is 3.58. The van der Waals surface area contributed by atoms with Crippen molar-refractivity contribution in [1.82, 2.24) is 0 Å². The fraction of sp³-hybridized carbons (Fsp3) is 0.517. The summed E-state index contributed by atoms with van der Waals surface area (Å²) in [5, 5.41) is 10.7. The van der Waals surface area contributed by atoms with Crippen LogP contribution in [-0.2, 0) is 20.7 Å². The Morgan fingerprint density at radius 3 is 2.67 bits per heavy atom. The Morgan fingerprint density at radius 2 is 2.00 bits per heavy atom. The van der Waals surface area contributed by atoms with Gasteiger partial charge in [-0.05, 0) is 48.5 Å². The number of allylic oxidation sites excluding steroid dienone is 2. The van der Waals surface area contributed by atoms with Crippen LogP contribution in [0.25, 0.3) is 0 Å². The van der Waals surface area contributed by atoms with Crippen molar-refractivity contribution in [2.75, 3.05) is 6.61 Å². The van der Waals surface area contributed by atoms with E-state index < -0.39 is 32.5 Å². The van der Waals surface area contributed by atoms with E-state index in [0.717, 1.165) is 5.56 Å². The van der Waals surface area contributed by atoms with Crippen molar-refractivity contribution in [3.63, 3.8) is 0 Å². The number of cyclic esters (lactones) is 1. The van der Waals surface area contributed by atoms with E-state index in [0.29, 0.717) is 24.2 Å². The summed E-state index contributed by atoms with van der Waals surface area (Å²) < 4.78 is 17.5. The lowest BCUT2D eigenvalue weighted by Gasteiger charge is -2.37. The molecule has 0 unspecified atom stereocenters. The molecule has 1 aliphatic heterocycles. The maximum Gasteiger partial charge on any atom is 0.342 e. The van der Waals surface area contributed by atoms with E-state index in [2.05, 4.69) is 46.5 Å². The summed E-state index contributed by atoms with van der Waals surface area (Å²) in [6.07, 6.45) is 9.02. The second-order valence-electron chi connectivity index (χ2n) is 10.9. The molecule has 0 saturated carbocycles. The van der Waals surface area contributed by atoms with Crippen LogP contribution in [0.1, 0.15) is 62.9 Å². The number of ether oxygens (including phenoxy) is 2. The maximum atomic E-state index is 13.6. The Hall–Kier alpha value is -2.64. The Kier molecular flexibility index (Phi) is 10.7. The maximum absolute atomic E-state index is 13.6. The van der Waals surface area contributed by atoms with Crippen LogP contribution in [0, 0.1) is 5.92 Å². The summed E-state index contributed by atoms with van der Waals surface area (Å²) in [6, 6.07) is 5.67. The SMILES string of the molecule is C=CCOC(=O)C=CC[C@H]1C[C@@H](O)[C@@H](C)CC=CCc2cccc(O[Si](C)(C)C(C)(C)C)c2C(=O)O1. The first-order chi connectivity index (χ1) is 16.9. The highest BCUT2D eigenvalue weighted by atomic mass is 28.4. The van der Waals surface area contributed by atoms with Crippen molar-refractivity contribution in [3.05, 3.63) is 66.3 Å². The first-order valence-electron chi connectivity index (χ1n) is 12.6. The van der Waals surface area contributed by atoms with E-state index in [1.54, 1.807) is 6.08 Å². The second kappa shape index (κ2) is 13.1. The van der Waals surface area contributed by atoms with Gasteiger partial charge in [-0.2, -0.15) is 0 Å². The summed E-state index contributed by atoms with van der Waals surface area (Å²) >= 11 is 0. The highest BCUT2D eigenvalue weighted by Crippen LogP contribution is 2.39.